The van der Waals surface area contributed by atoms with E-state index in [9.17, 15) is 9.59 Å². The van der Waals surface area contributed by atoms with Crippen LogP contribution in [0.25, 0.3) is 5.57 Å². The van der Waals surface area contributed by atoms with Crippen molar-refractivity contribution >= 4 is 40.4 Å². The van der Waals surface area contributed by atoms with Gasteiger partial charge in [-0.1, -0.05) is 42.8 Å². The number of benzene rings is 3. The summed E-state index contributed by atoms with van der Waals surface area (Å²) in [7, 11) is 0. The first kappa shape index (κ1) is 22.6. The summed E-state index contributed by atoms with van der Waals surface area (Å²) >= 11 is 6.06. The summed E-state index contributed by atoms with van der Waals surface area (Å²) in [5.41, 5.74) is 4.42. The van der Waals surface area contributed by atoms with Gasteiger partial charge in [-0.05, 0) is 73.4 Å². The lowest BCUT2D eigenvalue weighted by molar-refractivity contribution is -0.120. The van der Waals surface area contributed by atoms with Gasteiger partial charge in [-0.2, -0.15) is 0 Å². The second kappa shape index (κ2) is 9.51. The number of nitrogens with one attached hydrogen (secondary N) is 1. The van der Waals surface area contributed by atoms with Crippen molar-refractivity contribution in [3.05, 3.63) is 94.1 Å². The number of ether oxygens (including phenoxy) is 1. The second-order valence-electron chi connectivity index (χ2n) is 7.97. The SMILES string of the molecule is CCCOc1cccc(NC2=C(c3ccc(Cl)cc3)C(=O)N(c3ccc(C)c(C)c3)C2=O)c1. The van der Waals surface area contributed by atoms with E-state index in [1.54, 1.807) is 30.3 Å². The zero-order chi connectivity index (χ0) is 23.5. The molecule has 2 amide bonds. The Labute approximate surface area is 198 Å². The number of hydrogen-bond acceptors (Lipinski definition) is 4. The maximum absolute atomic E-state index is 13.6. The first-order valence-corrected chi connectivity index (χ1v) is 11.2. The van der Waals surface area contributed by atoms with Crippen LogP contribution in [0.1, 0.15) is 30.0 Å². The van der Waals surface area contributed by atoms with Crippen molar-refractivity contribution < 1.29 is 14.3 Å². The molecule has 0 radical (unpaired) electrons. The van der Waals surface area contributed by atoms with Gasteiger partial charge in [0.25, 0.3) is 11.8 Å². The smallest absolute Gasteiger partial charge is 0.282 e. The molecule has 0 aromatic heterocycles. The average molecular weight is 461 g/mol. The Hall–Kier alpha value is -3.57. The zero-order valence-electron chi connectivity index (χ0n) is 18.8. The van der Waals surface area contributed by atoms with Gasteiger partial charge >= 0.3 is 0 Å². The number of halogens is 1. The number of amides is 2. The highest BCUT2D eigenvalue weighted by Crippen LogP contribution is 2.35. The highest BCUT2D eigenvalue weighted by molar-refractivity contribution is 6.46. The van der Waals surface area contributed by atoms with E-state index in [4.69, 9.17) is 16.3 Å². The summed E-state index contributed by atoms with van der Waals surface area (Å²) in [5, 5.41) is 3.73. The Morgan fingerprint density at radius 1 is 0.909 bits per heavy atom. The van der Waals surface area contributed by atoms with Gasteiger partial charge in [-0.25, -0.2) is 4.90 Å². The second-order valence-corrected chi connectivity index (χ2v) is 8.41. The summed E-state index contributed by atoms with van der Waals surface area (Å²) in [5.74, 6) is -0.0992. The third-order valence-corrected chi connectivity index (χ3v) is 5.79. The van der Waals surface area contributed by atoms with Gasteiger partial charge in [0.05, 0.1) is 17.9 Å². The van der Waals surface area contributed by atoms with Gasteiger partial charge in [0.1, 0.15) is 11.4 Å². The Morgan fingerprint density at radius 3 is 2.36 bits per heavy atom. The van der Waals surface area contributed by atoms with Crippen molar-refractivity contribution in [1.82, 2.24) is 0 Å². The third kappa shape index (κ3) is 4.64. The van der Waals surface area contributed by atoms with Crippen LogP contribution in [-0.2, 0) is 9.59 Å². The van der Waals surface area contributed by atoms with E-state index in [1.807, 2.05) is 57.2 Å². The molecule has 5 nitrogen and oxygen atoms in total. The topological polar surface area (TPSA) is 58.6 Å². The van der Waals surface area contributed by atoms with E-state index < -0.39 is 5.91 Å². The van der Waals surface area contributed by atoms with Gasteiger partial charge < -0.3 is 10.1 Å². The highest BCUT2D eigenvalue weighted by atomic mass is 35.5. The average Bonchev–Trinajstić information content (AvgIpc) is 3.04. The molecule has 1 N–H and O–H groups in total. The molecule has 0 saturated heterocycles. The Bertz CT molecular complexity index is 1250. The maximum atomic E-state index is 13.6. The highest BCUT2D eigenvalue weighted by Gasteiger charge is 2.40. The molecular formula is C27H25ClN2O3. The number of imide groups is 1. The molecule has 0 aliphatic carbocycles. The lowest BCUT2D eigenvalue weighted by atomic mass is 10.0. The lowest BCUT2D eigenvalue weighted by Gasteiger charge is -2.17. The molecule has 0 unspecified atom stereocenters. The monoisotopic (exact) mass is 460 g/mol. The van der Waals surface area contributed by atoms with Crippen molar-refractivity contribution in [1.29, 1.82) is 0 Å². The third-order valence-electron chi connectivity index (χ3n) is 5.54. The Kier molecular flexibility index (Phi) is 6.52. The van der Waals surface area contributed by atoms with E-state index in [1.165, 1.54) is 4.90 Å². The molecular weight excluding hydrogens is 436 g/mol. The molecule has 3 aromatic carbocycles. The number of aryl methyl sites for hydroxylation is 2. The summed E-state index contributed by atoms with van der Waals surface area (Å²) < 4.78 is 5.71. The molecule has 0 spiro atoms. The van der Waals surface area contributed by atoms with E-state index in [0.717, 1.165) is 17.5 Å². The quantitative estimate of drug-likeness (QED) is 0.430. The fourth-order valence-corrected chi connectivity index (χ4v) is 3.78. The molecule has 6 heteroatoms. The number of nitrogens with zero attached hydrogens (tertiary/aromatic N) is 1. The molecule has 0 saturated carbocycles. The lowest BCUT2D eigenvalue weighted by Crippen LogP contribution is -2.32. The molecule has 0 fully saturated rings. The Balaban J connectivity index is 1.77. The Morgan fingerprint density at radius 2 is 1.67 bits per heavy atom. The van der Waals surface area contributed by atoms with Crippen LogP contribution in [0.3, 0.4) is 0 Å². The van der Waals surface area contributed by atoms with Gasteiger partial charge in [0.2, 0.25) is 0 Å². The fraction of sp³-hybridized carbons (Fsp3) is 0.185. The maximum Gasteiger partial charge on any atom is 0.282 e. The fourth-order valence-electron chi connectivity index (χ4n) is 3.66. The molecule has 0 atom stereocenters. The molecule has 4 rings (SSSR count). The van der Waals surface area contributed by atoms with E-state index in [-0.39, 0.29) is 11.6 Å². The van der Waals surface area contributed by atoms with Gasteiger partial charge in [0.15, 0.2) is 0 Å². The van der Waals surface area contributed by atoms with Crippen LogP contribution in [0.5, 0.6) is 5.75 Å². The first-order chi connectivity index (χ1) is 15.9. The van der Waals surface area contributed by atoms with Crippen molar-refractivity contribution in [3.63, 3.8) is 0 Å². The standard InChI is InChI=1S/C27H25ClN2O3/c1-4-14-33-23-7-5-6-21(16-23)29-25-24(19-9-11-20(28)12-10-19)26(31)30(27(25)32)22-13-8-17(2)18(3)15-22/h5-13,15-16,29H,4,14H2,1-3H3. The molecule has 33 heavy (non-hydrogen) atoms. The summed E-state index contributed by atoms with van der Waals surface area (Å²) in [6.45, 7) is 6.58. The van der Waals surface area contributed by atoms with Gasteiger partial charge in [-0.3, -0.25) is 9.59 Å². The van der Waals surface area contributed by atoms with Gasteiger partial charge in [-0.15, -0.1) is 0 Å². The van der Waals surface area contributed by atoms with Crippen LogP contribution in [0.4, 0.5) is 11.4 Å². The van der Waals surface area contributed by atoms with Crippen molar-refractivity contribution in [2.24, 2.45) is 0 Å². The predicted molar refractivity (Wildman–Crippen MR) is 133 cm³/mol. The van der Waals surface area contributed by atoms with Crippen LogP contribution in [0.2, 0.25) is 5.02 Å². The molecule has 1 aliphatic rings. The molecule has 1 heterocycles. The predicted octanol–water partition coefficient (Wildman–Crippen LogP) is 6.14. The largest absolute Gasteiger partial charge is 0.494 e. The van der Waals surface area contributed by atoms with Crippen molar-refractivity contribution in [2.45, 2.75) is 27.2 Å². The normalized spacial score (nSPS) is 13.6. The van der Waals surface area contributed by atoms with Crippen LogP contribution < -0.4 is 15.0 Å². The van der Waals surface area contributed by atoms with Crippen molar-refractivity contribution in [3.8, 4) is 5.75 Å². The van der Waals surface area contributed by atoms with Crippen LogP contribution in [0, 0.1) is 13.8 Å². The first-order valence-electron chi connectivity index (χ1n) is 10.8. The molecule has 1 aliphatic heterocycles. The minimum atomic E-state index is -0.409. The van der Waals surface area contributed by atoms with Crippen molar-refractivity contribution in [2.75, 3.05) is 16.8 Å². The summed E-state index contributed by atoms with van der Waals surface area (Å²) in [4.78, 5) is 28.3. The van der Waals surface area contributed by atoms with Gasteiger partial charge in [0, 0.05) is 16.8 Å². The number of rotatable bonds is 7. The van der Waals surface area contributed by atoms with E-state index in [0.29, 0.717) is 39.9 Å². The minimum absolute atomic E-state index is 0.216. The molecule has 3 aromatic rings. The number of anilines is 2. The number of carbonyl (C=O) groups excluding carboxylic acids is 2. The summed E-state index contributed by atoms with van der Waals surface area (Å²) in [6, 6.07) is 19.8. The zero-order valence-corrected chi connectivity index (χ0v) is 19.6. The van der Waals surface area contributed by atoms with Crippen LogP contribution >= 0.6 is 11.6 Å². The molecule has 168 valence electrons. The number of carbonyl (C=O) groups is 2. The van der Waals surface area contributed by atoms with Crippen LogP contribution in [-0.4, -0.2) is 18.4 Å². The number of hydrogen-bond donors (Lipinski definition) is 1. The molecule has 0 bridgehead atoms. The van der Waals surface area contributed by atoms with E-state index in [2.05, 4.69) is 5.32 Å². The minimum Gasteiger partial charge on any atom is -0.494 e. The van der Waals surface area contributed by atoms with E-state index >= 15 is 0 Å². The summed E-state index contributed by atoms with van der Waals surface area (Å²) in [6.07, 6.45) is 0.890. The van der Waals surface area contributed by atoms with Crippen LogP contribution in [0.15, 0.2) is 72.4 Å².